The average molecular weight is 486 g/mol. The van der Waals surface area contributed by atoms with E-state index in [9.17, 15) is 0 Å². The van der Waals surface area contributed by atoms with Crippen LogP contribution < -0.4 is 15.4 Å². The smallest absolute Gasteiger partial charge is 0.191 e. The van der Waals surface area contributed by atoms with Crippen molar-refractivity contribution in [2.24, 2.45) is 4.99 Å². The highest BCUT2D eigenvalue weighted by molar-refractivity contribution is 14.0. The summed E-state index contributed by atoms with van der Waals surface area (Å²) in [4.78, 5) is 4.27. The molecule has 1 heterocycles. The third-order valence-electron chi connectivity index (χ3n) is 3.96. The summed E-state index contributed by atoms with van der Waals surface area (Å²) >= 11 is 0. The molecule has 150 valence electrons. The molecule has 0 unspecified atom stereocenters. The van der Waals surface area contributed by atoms with E-state index in [1.54, 1.807) is 13.4 Å². The van der Waals surface area contributed by atoms with Crippen LogP contribution in [-0.4, -0.2) is 47.5 Å². The predicted molar refractivity (Wildman–Crippen MR) is 120 cm³/mol. The van der Waals surface area contributed by atoms with Gasteiger partial charge in [-0.25, -0.2) is 0 Å². The van der Waals surface area contributed by atoms with Gasteiger partial charge in [0.2, 0.25) is 0 Å². The number of benzene rings is 1. The minimum absolute atomic E-state index is 0. The summed E-state index contributed by atoms with van der Waals surface area (Å²) in [7, 11) is 1.78. The molecule has 0 aliphatic rings. The van der Waals surface area contributed by atoms with Gasteiger partial charge >= 0.3 is 0 Å². The van der Waals surface area contributed by atoms with Gasteiger partial charge in [-0.3, -0.25) is 4.99 Å². The SMILES string of the molecule is CCCOc1cccc(CCNC(=NC)NCCn2cnnc2CC)c1.I. The Morgan fingerprint density at radius 3 is 2.78 bits per heavy atom. The number of nitrogens with one attached hydrogen (secondary N) is 2. The summed E-state index contributed by atoms with van der Waals surface area (Å²) in [5.74, 6) is 2.74. The van der Waals surface area contributed by atoms with E-state index in [1.807, 2.05) is 12.1 Å². The lowest BCUT2D eigenvalue weighted by atomic mass is 10.1. The standard InChI is InChI=1S/C19H30N6O.HI/c1-4-13-26-17-8-6-7-16(14-17)9-10-21-19(20-3)22-11-12-25-15-23-24-18(25)5-2;/h6-8,14-15H,4-5,9-13H2,1-3H3,(H2,20,21,22);1H. The summed E-state index contributed by atoms with van der Waals surface area (Å²) in [5, 5.41) is 14.7. The Bertz CT molecular complexity index is 688. The number of aromatic nitrogens is 3. The molecule has 0 spiro atoms. The molecule has 0 radical (unpaired) electrons. The first-order chi connectivity index (χ1) is 12.8. The number of aliphatic imine (C=N–C) groups is 1. The van der Waals surface area contributed by atoms with E-state index < -0.39 is 0 Å². The van der Waals surface area contributed by atoms with Gasteiger partial charge in [-0.05, 0) is 30.5 Å². The molecule has 0 amide bonds. The van der Waals surface area contributed by atoms with Crippen molar-refractivity contribution >= 4 is 29.9 Å². The minimum atomic E-state index is 0. The van der Waals surface area contributed by atoms with E-state index in [0.29, 0.717) is 0 Å². The fourth-order valence-electron chi connectivity index (χ4n) is 2.59. The first-order valence-corrected chi connectivity index (χ1v) is 9.29. The number of halogens is 1. The van der Waals surface area contributed by atoms with Crippen LogP contribution in [0.1, 0.15) is 31.7 Å². The summed E-state index contributed by atoms with van der Waals surface area (Å²) in [6.07, 6.45) is 4.58. The predicted octanol–water partition coefficient (Wildman–Crippen LogP) is 2.66. The van der Waals surface area contributed by atoms with Crippen LogP contribution in [0.4, 0.5) is 0 Å². The maximum atomic E-state index is 5.68. The highest BCUT2D eigenvalue weighted by Gasteiger charge is 2.03. The molecule has 0 fully saturated rings. The van der Waals surface area contributed by atoms with E-state index in [-0.39, 0.29) is 24.0 Å². The Balaban J connectivity index is 0.00000364. The van der Waals surface area contributed by atoms with Gasteiger partial charge in [-0.15, -0.1) is 34.2 Å². The number of nitrogens with zero attached hydrogens (tertiary/aromatic N) is 4. The van der Waals surface area contributed by atoms with Crippen LogP contribution in [0.3, 0.4) is 0 Å². The lowest BCUT2D eigenvalue weighted by Gasteiger charge is -2.13. The number of ether oxygens (including phenoxy) is 1. The molecule has 1 aromatic carbocycles. The average Bonchev–Trinajstić information content (AvgIpc) is 3.13. The zero-order chi connectivity index (χ0) is 18.6. The zero-order valence-corrected chi connectivity index (χ0v) is 18.8. The van der Waals surface area contributed by atoms with Crippen molar-refractivity contribution in [1.82, 2.24) is 25.4 Å². The second-order valence-electron chi connectivity index (χ2n) is 5.97. The van der Waals surface area contributed by atoms with Gasteiger partial charge in [0, 0.05) is 33.1 Å². The maximum absolute atomic E-state index is 5.68. The summed E-state index contributed by atoms with van der Waals surface area (Å²) in [6.45, 7) is 7.34. The largest absolute Gasteiger partial charge is 0.494 e. The minimum Gasteiger partial charge on any atom is -0.494 e. The third kappa shape index (κ3) is 8.15. The molecule has 0 saturated carbocycles. The molecule has 8 heteroatoms. The molecule has 0 aliphatic carbocycles. The second kappa shape index (κ2) is 13.3. The lowest BCUT2D eigenvalue weighted by molar-refractivity contribution is 0.317. The fourth-order valence-corrected chi connectivity index (χ4v) is 2.59. The van der Waals surface area contributed by atoms with Crippen molar-refractivity contribution in [2.45, 2.75) is 39.7 Å². The monoisotopic (exact) mass is 486 g/mol. The van der Waals surface area contributed by atoms with Crippen LogP contribution in [0.15, 0.2) is 35.6 Å². The van der Waals surface area contributed by atoms with Gasteiger partial charge in [0.15, 0.2) is 5.96 Å². The fraction of sp³-hybridized carbons (Fsp3) is 0.526. The van der Waals surface area contributed by atoms with E-state index in [4.69, 9.17) is 4.74 Å². The van der Waals surface area contributed by atoms with Crippen molar-refractivity contribution in [2.75, 3.05) is 26.7 Å². The highest BCUT2D eigenvalue weighted by atomic mass is 127. The maximum Gasteiger partial charge on any atom is 0.191 e. The van der Waals surface area contributed by atoms with Crippen molar-refractivity contribution in [3.63, 3.8) is 0 Å². The lowest BCUT2D eigenvalue weighted by Crippen LogP contribution is -2.39. The molecule has 2 aromatic rings. The van der Waals surface area contributed by atoms with Gasteiger partial charge in [-0.2, -0.15) is 0 Å². The van der Waals surface area contributed by atoms with E-state index in [1.165, 1.54) is 5.56 Å². The van der Waals surface area contributed by atoms with Crippen molar-refractivity contribution < 1.29 is 4.74 Å². The Morgan fingerprint density at radius 1 is 1.22 bits per heavy atom. The molecular weight excluding hydrogens is 455 g/mol. The van der Waals surface area contributed by atoms with Crippen LogP contribution in [0.25, 0.3) is 0 Å². The molecular formula is C19H31IN6O. The Labute approximate surface area is 179 Å². The Hall–Kier alpha value is -1.84. The number of rotatable bonds is 10. The van der Waals surface area contributed by atoms with Gasteiger partial charge < -0.3 is 19.9 Å². The summed E-state index contributed by atoms with van der Waals surface area (Å²) in [6, 6.07) is 8.27. The van der Waals surface area contributed by atoms with Crippen LogP contribution in [-0.2, 0) is 19.4 Å². The molecule has 2 N–H and O–H groups in total. The quantitative estimate of drug-likeness (QED) is 0.307. The second-order valence-corrected chi connectivity index (χ2v) is 5.97. The molecule has 0 atom stereocenters. The van der Waals surface area contributed by atoms with Crippen LogP contribution in [0.2, 0.25) is 0 Å². The number of guanidine groups is 1. The number of hydrogen-bond acceptors (Lipinski definition) is 4. The molecule has 7 nitrogen and oxygen atoms in total. The van der Waals surface area contributed by atoms with Gasteiger partial charge in [-0.1, -0.05) is 26.0 Å². The molecule has 0 bridgehead atoms. The van der Waals surface area contributed by atoms with Crippen molar-refractivity contribution in [3.05, 3.63) is 42.0 Å². The normalized spacial score (nSPS) is 11.0. The van der Waals surface area contributed by atoms with Gasteiger partial charge in [0.1, 0.15) is 17.9 Å². The molecule has 2 rings (SSSR count). The molecule has 0 saturated heterocycles. The Kier molecular flexibility index (Phi) is 11.5. The van der Waals surface area contributed by atoms with Crippen LogP contribution in [0.5, 0.6) is 5.75 Å². The molecule has 1 aromatic heterocycles. The number of hydrogen-bond donors (Lipinski definition) is 2. The topological polar surface area (TPSA) is 76.4 Å². The Morgan fingerprint density at radius 2 is 2.04 bits per heavy atom. The molecule has 27 heavy (non-hydrogen) atoms. The van der Waals surface area contributed by atoms with E-state index in [2.05, 4.69) is 56.4 Å². The van der Waals surface area contributed by atoms with Gasteiger partial charge in [0.25, 0.3) is 0 Å². The third-order valence-corrected chi connectivity index (χ3v) is 3.96. The molecule has 0 aliphatic heterocycles. The number of aryl methyl sites for hydroxylation is 1. The van der Waals surface area contributed by atoms with E-state index in [0.717, 1.165) is 63.0 Å². The van der Waals surface area contributed by atoms with Crippen molar-refractivity contribution in [1.29, 1.82) is 0 Å². The van der Waals surface area contributed by atoms with Crippen LogP contribution >= 0.6 is 24.0 Å². The van der Waals surface area contributed by atoms with E-state index >= 15 is 0 Å². The van der Waals surface area contributed by atoms with Crippen LogP contribution in [0, 0.1) is 0 Å². The first-order valence-electron chi connectivity index (χ1n) is 9.29. The first kappa shape index (κ1) is 23.2. The van der Waals surface area contributed by atoms with Gasteiger partial charge in [0.05, 0.1) is 6.61 Å². The summed E-state index contributed by atoms with van der Waals surface area (Å²) < 4.78 is 7.74. The highest BCUT2D eigenvalue weighted by Crippen LogP contribution is 2.13. The summed E-state index contributed by atoms with van der Waals surface area (Å²) in [5.41, 5.74) is 1.25. The zero-order valence-electron chi connectivity index (χ0n) is 16.4. The van der Waals surface area contributed by atoms with Crippen molar-refractivity contribution in [3.8, 4) is 5.75 Å².